The fraction of sp³-hybridized carbons (Fsp3) is 0.412. The number of carbonyl (C=O) groups excluding carboxylic acids is 1. The zero-order chi connectivity index (χ0) is 15.7. The third-order valence-electron chi connectivity index (χ3n) is 4.16. The van der Waals surface area contributed by atoms with Gasteiger partial charge in [0.15, 0.2) is 0 Å². The quantitative estimate of drug-likeness (QED) is 0.866. The minimum Gasteiger partial charge on any atom is -0.415 e. The van der Waals surface area contributed by atoms with Crippen LogP contribution >= 0.6 is 0 Å². The summed E-state index contributed by atoms with van der Waals surface area (Å²) in [6.07, 6.45) is 0.205. The van der Waals surface area contributed by atoms with Crippen molar-refractivity contribution in [3.8, 4) is 0 Å². The lowest BCUT2D eigenvalue weighted by atomic mass is 10.1. The third kappa shape index (κ3) is 2.76. The van der Waals surface area contributed by atoms with Gasteiger partial charge in [0.25, 0.3) is 0 Å². The van der Waals surface area contributed by atoms with E-state index in [1.54, 1.807) is 11.0 Å². The molecule has 1 fully saturated rings. The summed E-state index contributed by atoms with van der Waals surface area (Å²) in [5.41, 5.74) is 3.19. The molecule has 0 bridgehead atoms. The van der Waals surface area contributed by atoms with Crippen LogP contribution in [0.5, 0.6) is 0 Å². The number of amides is 1. The van der Waals surface area contributed by atoms with Crippen LogP contribution in [0.3, 0.4) is 0 Å². The number of aliphatic hydroxyl groups excluding tert-OH is 1. The molecule has 0 saturated carbocycles. The molecule has 1 amide bonds. The van der Waals surface area contributed by atoms with E-state index in [4.69, 9.17) is 4.74 Å². The number of carbonyl (C=O) groups is 1. The smallest absolute Gasteiger partial charge is 0.412 e. The number of hydrogen-bond donors (Lipinski definition) is 1. The van der Waals surface area contributed by atoms with E-state index in [1.807, 2.05) is 32.0 Å². The number of aliphatic hydroxyl groups is 1. The first-order chi connectivity index (χ1) is 10.6. The van der Waals surface area contributed by atoms with Crippen LogP contribution in [0.4, 0.5) is 4.79 Å². The Morgan fingerprint density at radius 3 is 2.77 bits per heavy atom. The minimum atomic E-state index is -1.30. The van der Waals surface area contributed by atoms with E-state index in [1.165, 1.54) is 0 Å². The number of likely N-dealkylation sites (tertiary alicyclic amines) is 1. The van der Waals surface area contributed by atoms with Gasteiger partial charge in [-0.25, -0.2) is 4.79 Å². The van der Waals surface area contributed by atoms with Crippen LogP contribution < -0.4 is 0 Å². The van der Waals surface area contributed by atoms with Gasteiger partial charge in [-0.2, -0.15) is 0 Å². The molecular weight excluding hydrogens is 280 g/mol. The van der Waals surface area contributed by atoms with Crippen molar-refractivity contribution in [2.24, 2.45) is 0 Å². The van der Waals surface area contributed by atoms with Gasteiger partial charge in [-0.1, -0.05) is 18.2 Å². The van der Waals surface area contributed by atoms with Gasteiger partial charge in [-0.3, -0.25) is 4.98 Å². The molecule has 2 aromatic rings. The molecule has 1 unspecified atom stereocenters. The maximum atomic E-state index is 12.0. The Balaban J connectivity index is 1.88. The molecule has 5 nitrogen and oxygen atoms in total. The molecule has 1 aromatic carbocycles. The molecular formula is C17H20N2O3. The Hall–Kier alpha value is -2.14. The number of fused-ring (bicyclic) bond motifs is 1. The molecule has 1 N–H and O–H groups in total. The summed E-state index contributed by atoms with van der Waals surface area (Å²) in [5.74, 6) is 0. The number of aromatic nitrogens is 1. The van der Waals surface area contributed by atoms with Gasteiger partial charge in [0.1, 0.15) is 0 Å². The first-order valence-corrected chi connectivity index (χ1v) is 7.57. The number of benzene rings is 1. The molecule has 22 heavy (non-hydrogen) atoms. The molecule has 1 atom stereocenters. The van der Waals surface area contributed by atoms with Crippen LogP contribution in [0.2, 0.25) is 0 Å². The predicted molar refractivity (Wildman–Crippen MR) is 83.5 cm³/mol. The van der Waals surface area contributed by atoms with Crippen LogP contribution in [0.25, 0.3) is 10.9 Å². The molecule has 2 heterocycles. The van der Waals surface area contributed by atoms with Crippen molar-refractivity contribution in [2.45, 2.75) is 33.0 Å². The van der Waals surface area contributed by atoms with E-state index >= 15 is 0 Å². The van der Waals surface area contributed by atoms with E-state index in [2.05, 4.69) is 4.98 Å². The second-order valence-corrected chi connectivity index (χ2v) is 5.74. The highest BCUT2D eigenvalue weighted by Crippen LogP contribution is 2.26. The van der Waals surface area contributed by atoms with E-state index in [-0.39, 0.29) is 0 Å². The number of ether oxygens (including phenoxy) is 1. The number of pyridine rings is 1. The standard InChI is InChI=1S/C17H20N2O3/c1-11-10-13-6-5-7-14(15(13)18-12(11)2)16(20)22-17(21)19-8-3-4-9-19/h5-7,10,16,20H,3-4,8-9H2,1-2H3. The number of hydrogen-bond acceptors (Lipinski definition) is 4. The SMILES string of the molecule is Cc1cc2cccc(C(O)OC(=O)N3CCCC3)c2nc1C. The summed E-state index contributed by atoms with van der Waals surface area (Å²) in [6, 6.07) is 7.54. The summed E-state index contributed by atoms with van der Waals surface area (Å²) in [6.45, 7) is 5.31. The van der Waals surface area contributed by atoms with Gasteiger partial charge in [0.05, 0.1) is 5.52 Å². The summed E-state index contributed by atoms with van der Waals surface area (Å²) in [4.78, 5) is 18.2. The van der Waals surface area contributed by atoms with Crippen molar-refractivity contribution in [3.63, 3.8) is 0 Å². The van der Waals surface area contributed by atoms with Gasteiger partial charge in [-0.15, -0.1) is 0 Å². The monoisotopic (exact) mass is 300 g/mol. The molecule has 1 aromatic heterocycles. The lowest BCUT2D eigenvalue weighted by Crippen LogP contribution is -2.29. The second-order valence-electron chi connectivity index (χ2n) is 5.74. The Kier molecular flexibility index (Phi) is 3.98. The van der Waals surface area contributed by atoms with Crippen molar-refractivity contribution in [1.82, 2.24) is 9.88 Å². The van der Waals surface area contributed by atoms with E-state index < -0.39 is 12.4 Å². The Bertz CT molecular complexity index is 708. The Morgan fingerprint density at radius 1 is 1.32 bits per heavy atom. The molecule has 5 heteroatoms. The van der Waals surface area contributed by atoms with Crippen molar-refractivity contribution in [2.75, 3.05) is 13.1 Å². The lowest BCUT2D eigenvalue weighted by Gasteiger charge is -2.19. The van der Waals surface area contributed by atoms with Crippen LogP contribution in [0, 0.1) is 13.8 Å². The van der Waals surface area contributed by atoms with E-state index in [9.17, 15) is 9.90 Å². The summed E-state index contributed by atoms with van der Waals surface area (Å²) in [5, 5.41) is 11.2. The maximum Gasteiger partial charge on any atom is 0.412 e. The first kappa shape index (κ1) is 14.8. The molecule has 1 aliphatic rings. The molecule has 0 spiro atoms. The molecule has 0 radical (unpaired) electrons. The Labute approximate surface area is 129 Å². The largest absolute Gasteiger partial charge is 0.415 e. The predicted octanol–water partition coefficient (Wildman–Crippen LogP) is 3.07. The molecule has 0 aliphatic carbocycles. The van der Waals surface area contributed by atoms with Crippen LogP contribution in [0.15, 0.2) is 24.3 Å². The van der Waals surface area contributed by atoms with Crippen molar-refractivity contribution < 1.29 is 14.6 Å². The lowest BCUT2D eigenvalue weighted by molar-refractivity contribution is -0.0644. The fourth-order valence-corrected chi connectivity index (χ4v) is 2.75. The molecule has 116 valence electrons. The van der Waals surface area contributed by atoms with Gasteiger partial charge in [0.2, 0.25) is 6.29 Å². The highest BCUT2D eigenvalue weighted by atomic mass is 16.6. The summed E-state index contributed by atoms with van der Waals surface area (Å²) in [7, 11) is 0. The maximum absolute atomic E-state index is 12.0. The number of aryl methyl sites for hydroxylation is 2. The van der Waals surface area contributed by atoms with Crippen molar-refractivity contribution >= 4 is 17.0 Å². The average Bonchev–Trinajstić information content (AvgIpc) is 3.02. The average molecular weight is 300 g/mol. The van der Waals surface area contributed by atoms with Crippen LogP contribution in [-0.4, -0.2) is 34.2 Å². The number of para-hydroxylation sites is 1. The minimum absolute atomic E-state index is 0.467. The van der Waals surface area contributed by atoms with Crippen LogP contribution in [0.1, 0.15) is 36.0 Å². The normalized spacial score (nSPS) is 16.0. The fourth-order valence-electron chi connectivity index (χ4n) is 2.75. The summed E-state index contributed by atoms with van der Waals surface area (Å²) >= 11 is 0. The number of nitrogens with zero attached hydrogens (tertiary/aromatic N) is 2. The first-order valence-electron chi connectivity index (χ1n) is 7.57. The van der Waals surface area contributed by atoms with Crippen molar-refractivity contribution in [3.05, 3.63) is 41.1 Å². The zero-order valence-electron chi connectivity index (χ0n) is 12.9. The molecule has 1 saturated heterocycles. The topological polar surface area (TPSA) is 62.7 Å². The summed E-state index contributed by atoms with van der Waals surface area (Å²) < 4.78 is 5.20. The van der Waals surface area contributed by atoms with E-state index in [0.29, 0.717) is 24.2 Å². The second kappa shape index (κ2) is 5.93. The van der Waals surface area contributed by atoms with Crippen LogP contribution in [-0.2, 0) is 4.74 Å². The van der Waals surface area contributed by atoms with Gasteiger partial charge < -0.3 is 14.7 Å². The zero-order valence-corrected chi connectivity index (χ0v) is 12.9. The van der Waals surface area contributed by atoms with Gasteiger partial charge in [0, 0.05) is 29.7 Å². The molecule has 3 rings (SSSR count). The Morgan fingerprint density at radius 2 is 2.05 bits per heavy atom. The van der Waals surface area contributed by atoms with E-state index in [0.717, 1.165) is 29.5 Å². The highest BCUT2D eigenvalue weighted by Gasteiger charge is 2.23. The molecule has 1 aliphatic heterocycles. The third-order valence-corrected chi connectivity index (χ3v) is 4.16. The van der Waals surface area contributed by atoms with Crippen molar-refractivity contribution in [1.29, 1.82) is 0 Å². The number of rotatable bonds is 2. The van der Waals surface area contributed by atoms with Gasteiger partial charge >= 0.3 is 6.09 Å². The highest BCUT2D eigenvalue weighted by molar-refractivity contribution is 5.83. The van der Waals surface area contributed by atoms with Gasteiger partial charge in [-0.05, 0) is 38.3 Å².